The van der Waals surface area contributed by atoms with Gasteiger partial charge in [0, 0.05) is 0 Å². The van der Waals surface area contributed by atoms with Gasteiger partial charge in [-0.2, -0.15) is 0 Å². The zero-order valence-electron chi connectivity index (χ0n) is 18.1. The van der Waals surface area contributed by atoms with Gasteiger partial charge in [0.25, 0.3) is 0 Å². The molecule has 2 rings (SSSR count). The number of carboxylic acid groups (broad SMARTS) is 1. The zero-order chi connectivity index (χ0) is 20.0. The molecule has 1 N–H and O–H groups in total. The molecule has 0 bridgehead atoms. The van der Waals surface area contributed by atoms with Crippen LogP contribution < -0.4 is 0 Å². The lowest BCUT2D eigenvalue weighted by Gasteiger charge is -2.20. The molecule has 2 heteroatoms. The van der Waals surface area contributed by atoms with Crippen LogP contribution in [0.4, 0.5) is 0 Å². The van der Waals surface area contributed by atoms with Crippen LogP contribution in [0.3, 0.4) is 0 Å². The molecule has 1 aliphatic carbocycles. The highest BCUT2D eigenvalue weighted by Crippen LogP contribution is 2.38. The second-order valence-corrected chi connectivity index (χ2v) is 8.95. The van der Waals surface area contributed by atoms with Crippen molar-refractivity contribution in [1.29, 1.82) is 0 Å². The maximum absolute atomic E-state index is 11.6. The minimum Gasteiger partial charge on any atom is -0.481 e. The quantitative estimate of drug-likeness (QED) is 0.310. The molecule has 1 aromatic carbocycles. The summed E-state index contributed by atoms with van der Waals surface area (Å²) >= 11 is 0. The van der Waals surface area contributed by atoms with E-state index in [4.69, 9.17) is 0 Å². The summed E-state index contributed by atoms with van der Waals surface area (Å²) in [7, 11) is 0. The van der Waals surface area contributed by atoms with Crippen LogP contribution >= 0.6 is 0 Å². The number of benzene rings is 1. The topological polar surface area (TPSA) is 37.3 Å². The van der Waals surface area contributed by atoms with Crippen molar-refractivity contribution in [2.75, 3.05) is 0 Å². The van der Waals surface area contributed by atoms with Crippen LogP contribution in [-0.4, -0.2) is 11.1 Å². The molecule has 0 heterocycles. The van der Waals surface area contributed by atoms with E-state index in [0.29, 0.717) is 0 Å². The van der Waals surface area contributed by atoms with E-state index in [0.717, 1.165) is 30.2 Å². The van der Waals surface area contributed by atoms with Crippen molar-refractivity contribution in [2.45, 2.75) is 109 Å². The van der Waals surface area contributed by atoms with E-state index in [-0.39, 0.29) is 5.92 Å². The molecule has 1 saturated carbocycles. The molecule has 158 valence electrons. The molecule has 0 radical (unpaired) electrons. The number of hydrogen-bond donors (Lipinski definition) is 1. The van der Waals surface area contributed by atoms with E-state index >= 15 is 0 Å². The summed E-state index contributed by atoms with van der Waals surface area (Å²) in [6.45, 7) is 2.28. The summed E-state index contributed by atoms with van der Waals surface area (Å²) in [5, 5.41) is 9.54. The fourth-order valence-electron chi connectivity index (χ4n) is 5.11. The molecular formula is C26H42O2. The highest BCUT2D eigenvalue weighted by Gasteiger charge is 2.26. The van der Waals surface area contributed by atoms with Crippen molar-refractivity contribution < 1.29 is 9.90 Å². The van der Waals surface area contributed by atoms with Gasteiger partial charge in [-0.3, -0.25) is 4.79 Å². The third kappa shape index (κ3) is 8.37. The van der Waals surface area contributed by atoms with Crippen molar-refractivity contribution in [3.05, 3.63) is 35.9 Å². The molecule has 2 nitrogen and oxygen atoms in total. The van der Waals surface area contributed by atoms with Crippen LogP contribution in [0.5, 0.6) is 0 Å². The predicted molar refractivity (Wildman–Crippen MR) is 119 cm³/mol. The van der Waals surface area contributed by atoms with Crippen LogP contribution in [-0.2, 0) is 4.79 Å². The second-order valence-electron chi connectivity index (χ2n) is 8.95. The van der Waals surface area contributed by atoms with E-state index in [9.17, 15) is 9.90 Å². The SMILES string of the molecule is CCCCCCCC[C@H]1CCC[C@@H]1CCCCCC(C(=O)O)c1ccccc1. The van der Waals surface area contributed by atoms with Gasteiger partial charge >= 0.3 is 5.97 Å². The molecule has 1 aromatic rings. The maximum atomic E-state index is 11.6. The molecule has 0 spiro atoms. The zero-order valence-corrected chi connectivity index (χ0v) is 18.1. The lowest BCUT2D eigenvalue weighted by molar-refractivity contribution is -0.139. The van der Waals surface area contributed by atoms with Crippen LogP contribution in [0, 0.1) is 11.8 Å². The van der Waals surface area contributed by atoms with Gasteiger partial charge in [-0.05, 0) is 23.8 Å². The first kappa shape index (κ1) is 23.0. The monoisotopic (exact) mass is 386 g/mol. The van der Waals surface area contributed by atoms with E-state index in [2.05, 4.69) is 6.92 Å². The standard InChI is InChI=1S/C26H42O2/c1-2-3-4-5-6-9-15-22-19-14-20-23(22)16-10-8-13-21-25(26(27)28)24-17-11-7-12-18-24/h7,11-12,17-18,22-23,25H,2-6,8-10,13-16,19-21H2,1H3,(H,27,28)/t22-,23-,25?/m0/s1. The van der Waals surface area contributed by atoms with Crippen molar-refractivity contribution in [3.8, 4) is 0 Å². The number of hydrogen-bond acceptors (Lipinski definition) is 1. The normalized spacial score (nSPS) is 20.3. The highest BCUT2D eigenvalue weighted by molar-refractivity contribution is 5.75. The molecule has 0 aromatic heterocycles. The first-order chi connectivity index (χ1) is 13.7. The Kier molecular flexibility index (Phi) is 11.3. The van der Waals surface area contributed by atoms with E-state index in [1.54, 1.807) is 0 Å². The number of rotatable bonds is 15. The third-order valence-corrected chi connectivity index (χ3v) is 6.81. The summed E-state index contributed by atoms with van der Waals surface area (Å²) in [5.74, 6) is 0.899. The first-order valence-electron chi connectivity index (χ1n) is 12.0. The van der Waals surface area contributed by atoms with Gasteiger partial charge in [0.2, 0.25) is 0 Å². The van der Waals surface area contributed by atoms with Crippen LogP contribution in [0.1, 0.15) is 115 Å². The lowest BCUT2D eigenvalue weighted by Crippen LogP contribution is -2.11. The van der Waals surface area contributed by atoms with E-state index in [1.165, 1.54) is 83.5 Å². The van der Waals surface area contributed by atoms with Crippen molar-refractivity contribution in [1.82, 2.24) is 0 Å². The van der Waals surface area contributed by atoms with Gasteiger partial charge in [0.05, 0.1) is 5.92 Å². The fraction of sp³-hybridized carbons (Fsp3) is 0.731. The Morgan fingerprint density at radius 3 is 2.07 bits per heavy atom. The van der Waals surface area contributed by atoms with Gasteiger partial charge in [0.15, 0.2) is 0 Å². The Morgan fingerprint density at radius 1 is 0.893 bits per heavy atom. The average molecular weight is 387 g/mol. The van der Waals surface area contributed by atoms with Crippen LogP contribution in [0.15, 0.2) is 30.3 Å². The Hall–Kier alpha value is -1.31. The maximum Gasteiger partial charge on any atom is 0.310 e. The van der Waals surface area contributed by atoms with Gasteiger partial charge in [-0.1, -0.05) is 127 Å². The molecule has 1 fully saturated rings. The predicted octanol–water partition coefficient (Wildman–Crippen LogP) is 7.97. The first-order valence-corrected chi connectivity index (χ1v) is 12.0. The molecule has 0 amide bonds. The smallest absolute Gasteiger partial charge is 0.310 e. The van der Waals surface area contributed by atoms with E-state index < -0.39 is 5.97 Å². The molecule has 0 aliphatic heterocycles. The summed E-state index contributed by atoms with van der Waals surface area (Å²) in [4.78, 5) is 11.6. The Balaban J connectivity index is 1.59. The highest BCUT2D eigenvalue weighted by atomic mass is 16.4. The lowest BCUT2D eigenvalue weighted by atomic mass is 9.86. The number of unbranched alkanes of at least 4 members (excludes halogenated alkanes) is 7. The average Bonchev–Trinajstić information content (AvgIpc) is 3.15. The minimum absolute atomic E-state index is 0.340. The summed E-state index contributed by atoms with van der Waals surface area (Å²) in [5.41, 5.74) is 0.949. The van der Waals surface area contributed by atoms with Gasteiger partial charge < -0.3 is 5.11 Å². The molecule has 28 heavy (non-hydrogen) atoms. The summed E-state index contributed by atoms with van der Waals surface area (Å²) in [6, 6.07) is 9.73. The number of carbonyl (C=O) groups is 1. The molecule has 0 saturated heterocycles. The molecule has 1 unspecified atom stereocenters. The Bertz CT molecular complexity index is 524. The largest absolute Gasteiger partial charge is 0.481 e. The van der Waals surface area contributed by atoms with Gasteiger partial charge in [0.1, 0.15) is 0 Å². The van der Waals surface area contributed by atoms with Crippen LogP contribution in [0.25, 0.3) is 0 Å². The van der Waals surface area contributed by atoms with Crippen LogP contribution in [0.2, 0.25) is 0 Å². The molecular weight excluding hydrogens is 344 g/mol. The fourth-order valence-corrected chi connectivity index (χ4v) is 5.11. The van der Waals surface area contributed by atoms with Crippen molar-refractivity contribution in [3.63, 3.8) is 0 Å². The van der Waals surface area contributed by atoms with Gasteiger partial charge in [-0.25, -0.2) is 0 Å². The molecule has 1 aliphatic rings. The minimum atomic E-state index is -0.680. The summed E-state index contributed by atoms with van der Waals surface area (Å²) in [6.07, 6.45) is 19.8. The number of carboxylic acids is 1. The van der Waals surface area contributed by atoms with Gasteiger partial charge in [-0.15, -0.1) is 0 Å². The second kappa shape index (κ2) is 13.8. The van der Waals surface area contributed by atoms with Crippen molar-refractivity contribution >= 4 is 5.97 Å². The third-order valence-electron chi connectivity index (χ3n) is 6.81. The molecule has 3 atom stereocenters. The Labute approximate surface area is 173 Å². The number of aliphatic carboxylic acids is 1. The summed E-state index contributed by atoms with van der Waals surface area (Å²) < 4.78 is 0. The Morgan fingerprint density at radius 2 is 1.46 bits per heavy atom. The van der Waals surface area contributed by atoms with E-state index in [1.807, 2.05) is 30.3 Å². The van der Waals surface area contributed by atoms with Crippen molar-refractivity contribution in [2.24, 2.45) is 11.8 Å².